The standard InChI is InChI=1S/C28H37ClFN5O3Si/c1-16-23-18-13-22(26(31)32-14-18)38-17(2)24-19(9-10-20(30)25(24)29)27(36)34(6)15-21(23)35(33-16)11-12-37-39(7,8)28(3,4)5/h9-10,13-14,17H,11-12,15H2,1-8H3,(H2,31,32). The minimum Gasteiger partial charge on any atom is -0.482 e. The summed E-state index contributed by atoms with van der Waals surface area (Å²) in [5.41, 5.74) is 9.89. The van der Waals surface area contributed by atoms with Crippen molar-refractivity contribution >= 4 is 31.6 Å². The summed E-state index contributed by atoms with van der Waals surface area (Å²) in [5.74, 6) is -0.459. The second kappa shape index (κ2) is 10.6. The molecule has 1 aromatic carbocycles. The highest BCUT2D eigenvalue weighted by Gasteiger charge is 2.37. The monoisotopic (exact) mass is 573 g/mol. The van der Waals surface area contributed by atoms with Gasteiger partial charge in [-0.25, -0.2) is 9.37 Å². The van der Waals surface area contributed by atoms with Crippen LogP contribution in [0.15, 0.2) is 24.4 Å². The van der Waals surface area contributed by atoms with E-state index in [2.05, 4.69) is 38.8 Å². The number of carbonyl (C=O) groups is 1. The van der Waals surface area contributed by atoms with E-state index in [1.807, 2.05) is 11.6 Å². The maximum atomic E-state index is 14.5. The van der Waals surface area contributed by atoms with Crippen molar-refractivity contribution in [2.75, 3.05) is 19.4 Å². The number of nitrogen functional groups attached to an aromatic ring is 1. The lowest BCUT2D eigenvalue weighted by atomic mass is 10.00. The molecule has 4 rings (SSSR count). The molecule has 1 unspecified atom stereocenters. The molecular weight excluding hydrogens is 537 g/mol. The van der Waals surface area contributed by atoms with Gasteiger partial charge in [0.15, 0.2) is 19.9 Å². The number of ether oxygens (including phenoxy) is 1. The molecule has 3 aromatic rings. The number of hydrogen-bond donors (Lipinski definition) is 1. The number of amides is 1. The summed E-state index contributed by atoms with van der Waals surface area (Å²) in [6.07, 6.45) is 0.903. The van der Waals surface area contributed by atoms with Crippen LogP contribution in [0.4, 0.5) is 10.2 Å². The number of hydrogen-bond acceptors (Lipinski definition) is 6. The fourth-order valence-electron chi connectivity index (χ4n) is 4.54. The van der Waals surface area contributed by atoms with E-state index >= 15 is 0 Å². The molecule has 1 aliphatic heterocycles. The Morgan fingerprint density at radius 3 is 2.67 bits per heavy atom. The quantitative estimate of drug-likeness (QED) is 0.364. The largest absolute Gasteiger partial charge is 0.482 e. The molecule has 2 aromatic heterocycles. The number of carbonyl (C=O) groups excluding carboxylic acids is 1. The van der Waals surface area contributed by atoms with E-state index in [0.717, 1.165) is 22.5 Å². The van der Waals surface area contributed by atoms with Crippen LogP contribution >= 0.6 is 11.6 Å². The lowest BCUT2D eigenvalue weighted by Gasteiger charge is -2.36. The van der Waals surface area contributed by atoms with Crippen molar-refractivity contribution in [2.24, 2.45) is 0 Å². The lowest BCUT2D eigenvalue weighted by molar-refractivity contribution is 0.0776. The fraction of sp³-hybridized carbons (Fsp3) is 0.464. The molecular formula is C28H37ClFN5O3Si. The van der Waals surface area contributed by atoms with Gasteiger partial charge < -0.3 is 19.8 Å². The second-order valence-corrected chi connectivity index (χ2v) is 16.8. The number of rotatable bonds is 4. The van der Waals surface area contributed by atoms with Crippen LogP contribution in [-0.2, 0) is 17.5 Å². The van der Waals surface area contributed by atoms with E-state index in [9.17, 15) is 9.18 Å². The number of nitrogens with zero attached hydrogens (tertiary/aromatic N) is 4. The smallest absolute Gasteiger partial charge is 0.254 e. The number of pyridine rings is 1. The normalized spacial score (nSPS) is 16.2. The van der Waals surface area contributed by atoms with E-state index in [1.165, 1.54) is 12.1 Å². The Balaban J connectivity index is 1.83. The first-order valence-corrected chi connectivity index (χ1v) is 16.3. The molecule has 1 aliphatic rings. The number of nitrogens with two attached hydrogens (primary N) is 1. The summed E-state index contributed by atoms with van der Waals surface area (Å²) in [6.45, 7) is 15.9. The fourth-order valence-corrected chi connectivity index (χ4v) is 5.90. The zero-order valence-corrected chi connectivity index (χ0v) is 25.6. The molecule has 210 valence electrons. The summed E-state index contributed by atoms with van der Waals surface area (Å²) in [6, 6.07) is 4.44. The molecule has 1 amide bonds. The summed E-state index contributed by atoms with van der Waals surface area (Å²) in [4.78, 5) is 19.7. The molecule has 0 aliphatic carbocycles. The Kier molecular flexibility index (Phi) is 7.86. The molecule has 3 heterocycles. The molecule has 0 saturated carbocycles. The number of halogens is 2. The molecule has 8 nitrogen and oxygen atoms in total. The van der Waals surface area contributed by atoms with Gasteiger partial charge in [0.05, 0.1) is 36.1 Å². The van der Waals surface area contributed by atoms with Gasteiger partial charge in [0.1, 0.15) is 11.9 Å². The summed E-state index contributed by atoms with van der Waals surface area (Å²) < 4.78 is 29.0. The van der Waals surface area contributed by atoms with E-state index in [-0.39, 0.29) is 39.5 Å². The van der Waals surface area contributed by atoms with Crippen LogP contribution in [0.2, 0.25) is 23.2 Å². The predicted octanol–water partition coefficient (Wildman–Crippen LogP) is 6.38. The SMILES string of the molecule is Cc1nn(CCO[Si](C)(C)C(C)(C)C)c2c1-c1cnc(N)c(c1)OC(C)c1c(ccc(F)c1Cl)C(=O)N(C)C2. The van der Waals surface area contributed by atoms with Crippen molar-refractivity contribution in [1.82, 2.24) is 19.7 Å². The maximum absolute atomic E-state index is 14.5. The Morgan fingerprint density at radius 1 is 1.31 bits per heavy atom. The Bertz CT molecular complexity index is 1420. The second-order valence-electron chi connectivity index (χ2n) is 11.6. The first kappa shape index (κ1) is 29.0. The van der Waals surface area contributed by atoms with Crippen molar-refractivity contribution in [2.45, 2.75) is 71.9 Å². The lowest BCUT2D eigenvalue weighted by Crippen LogP contribution is -2.41. The van der Waals surface area contributed by atoms with Gasteiger partial charge in [-0.2, -0.15) is 5.10 Å². The molecule has 0 spiro atoms. The van der Waals surface area contributed by atoms with Crippen molar-refractivity contribution < 1.29 is 18.3 Å². The van der Waals surface area contributed by atoms with Gasteiger partial charge in [-0.3, -0.25) is 9.48 Å². The Labute approximate surface area is 235 Å². The third-order valence-corrected chi connectivity index (χ3v) is 12.7. The van der Waals surface area contributed by atoms with Crippen LogP contribution in [0.1, 0.15) is 61.1 Å². The predicted molar refractivity (Wildman–Crippen MR) is 154 cm³/mol. The van der Waals surface area contributed by atoms with Crippen molar-refractivity contribution in [3.8, 4) is 16.9 Å². The number of anilines is 1. The number of aryl methyl sites for hydroxylation is 1. The molecule has 0 radical (unpaired) electrons. The van der Waals surface area contributed by atoms with E-state index in [0.29, 0.717) is 18.9 Å². The first-order chi connectivity index (χ1) is 18.1. The van der Waals surface area contributed by atoms with Crippen LogP contribution in [-0.4, -0.2) is 47.5 Å². The molecule has 2 bridgehead atoms. The third-order valence-electron chi connectivity index (χ3n) is 7.78. The average Bonchev–Trinajstić information content (AvgIpc) is 3.14. The van der Waals surface area contributed by atoms with Gasteiger partial charge in [-0.15, -0.1) is 0 Å². The number of fused-ring (bicyclic) bond motifs is 5. The van der Waals surface area contributed by atoms with Gasteiger partial charge >= 0.3 is 0 Å². The number of aromatic nitrogens is 3. The highest BCUT2D eigenvalue weighted by atomic mass is 35.5. The minimum atomic E-state index is -1.96. The summed E-state index contributed by atoms with van der Waals surface area (Å²) in [7, 11) is -0.255. The molecule has 11 heteroatoms. The molecule has 0 fully saturated rings. The first-order valence-electron chi connectivity index (χ1n) is 13.0. The van der Waals surface area contributed by atoms with Gasteiger partial charge in [-0.1, -0.05) is 32.4 Å². The topological polar surface area (TPSA) is 95.5 Å². The average molecular weight is 574 g/mol. The zero-order chi connectivity index (χ0) is 28.9. The van der Waals surface area contributed by atoms with Gasteiger partial charge in [0.25, 0.3) is 5.91 Å². The van der Waals surface area contributed by atoms with Crippen molar-refractivity contribution in [3.05, 3.63) is 57.8 Å². The van der Waals surface area contributed by atoms with Crippen molar-refractivity contribution in [3.63, 3.8) is 0 Å². The van der Waals surface area contributed by atoms with E-state index in [4.69, 9.17) is 31.6 Å². The molecule has 2 N–H and O–H groups in total. The van der Waals surface area contributed by atoms with Gasteiger partial charge in [-0.05, 0) is 50.2 Å². The van der Waals surface area contributed by atoms with Crippen LogP contribution in [0.5, 0.6) is 5.75 Å². The Hall–Kier alpha value is -2.95. The van der Waals surface area contributed by atoms with Crippen LogP contribution in [0.25, 0.3) is 11.1 Å². The maximum Gasteiger partial charge on any atom is 0.254 e. The molecule has 0 saturated heterocycles. The van der Waals surface area contributed by atoms with Gasteiger partial charge in [0, 0.05) is 35.5 Å². The van der Waals surface area contributed by atoms with Crippen LogP contribution < -0.4 is 10.5 Å². The van der Waals surface area contributed by atoms with Gasteiger partial charge in [0.2, 0.25) is 0 Å². The molecule has 39 heavy (non-hydrogen) atoms. The zero-order valence-electron chi connectivity index (χ0n) is 23.9. The van der Waals surface area contributed by atoms with Crippen LogP contribution in [0, 0.1) is 12.7 Å². The number of benzene rings is 1. The van der Waals surface area contributed by atoms with Crippen molar-refractivity contribution in [1.29, 1.82) is 0 Å². The highest BCUT2D eigenvalue weighted by molar-refractivity contribution is 6.74. The van der Waals surface area contributed by atoms with E-state index < -0.39 is 20.2 Å². The van der Waals surface area contributed by atoms with Crippen LogP contribution in [0.3, 0.4) is 0 Å². The summed E-state index contributed by atoms with van der Waals surface area (Å²) >= 11 is 6.37. The minimum absolute atomic E-state index is 0.0821. The third kappa shape index (κ3) is 5.55. The summed E-state index contributed by atoms with van der Waals surface area (Å²) in [5, 5.41) is 4.75. The molecule has 1 atom stereocenters. The highest BCUT2D eigenvalue weighted by Crippen LogP contribution is 2.39. The Morgan fingerprint density at radius 2 is 2.00 bits per heavy atom. The van der Waals surface area contributed by atoms with E-state index in [1.54, 1.807) is 31.1 Å².